The Morgan fingerprint density at radius 1 is 0.667 bits per heavy atom. The van der Waals surface area contributed by atoms with Gasteiger partial charge in [0.2, 0.25) is 5.91 Å². The number of ether oxygens (including phenoxy) is 3. The maximum Gasteiger partial charge on any atom is 0.328 e. The normalized spacial score (nSPS) is 11.9. The molecule has 2 atom stereocenters. The number of amides is 2. The number of hydrogen-bond acceptors (Lipinski definition) is 8. The number of carbonyl (C=O) groups excluding carboxylic acids is 4. The lowest BCUT2D eigenvalue weighted by atomic mass is 10.0. The summed E-state index contributed by atoms with van der Waals surface area (Å²) in [5.74, 6) is -1.00. The summed E-state index contributed by atoms with van der Waals surface area (Å²) in [6.45, 7) is 5.70. The molecule has 0 heterocycles. The molecule has 0 aliphatic heterocycles. The highest BCUT2D eigenvalue weighted by atomic mass is 79.9. The average molecular weight is 866 g/mol. The van der Waals surface area contributed by atoms with E-state index in [1.165, 1.54) is 0 Å². The van der Waals surface area contributed by atoms with Crippen LogP contribution in [0.5, 0.6) is 11.5 Å². The van der Waals surface area contributed by atoms with Gasteiger partial charge in [0.1, 0.15) is 36.8 Å². The molecule has 54 heavy (non-hydrogen) atoms. The zero-order valence-electron chi connectivity index (χ0n) is 30.5. The average Bonchev–Trinajstić information content (AvgIpc) is 3.18. The molecule has 12 heteroatoms. The zero-order valence-corrected chi connectivity index (χ0v) is 33.7. The number of halogens is 2. The highest BCUT2D eigenvalue weighted by molar-refractivity contribution is 9.09. The minimum atomic E-state index is -1.15. The maximum atomic E-state index is 13.7. The second-order valence-electron chi connectivity index (χ2n) is 13.0. The number of carbonyl (C=O) groups is 4. The molecule has 0 saturated heterocycles. The van der Waals surface area contributed by atoms with E-state index in [0.717, 1.165) is 40.6 Å². The second-order valence-corrected chi connectivity index (χ2v) is 14.6. The molecule has 0 aliphatic rings. The summed E-state index contributed by atoms with van der Waals surface area (Å²) in [7, 11) is 0. The summed E-state index contributed by atoms with van der Waals surface area (Å²) in [6, 6.07) is 30.7. The number of esters is 2. The van der Waals surface area contributed by atoms with Crippen LogP contribution in [0.15, 0.2) is 109 Å². The predicted octanol–water partition coefficient (Wildman–Crippen LogP) is 7.97. The molecule has 286 valence electrons. The fourth-order valence-electron chi connectivity index (χ4n) is 5.48. The van der Waals surface area contributed by atoms with Crippen LogP contribution < -0.4 is 20.3 Å². The van der Waals surface area contributed by atoms with Crippen molar-refractivity contribution in [2.45, 2.75) is 58.4 Å². The Hall–Kier alpha value is -4.68. The molecule has 0 saturated carbocycles. The molecular weight excluding hydrogens is 818 g/mol. The van der Waals surface area contributed by atoms with Gasteiger partial charge in [-0.25, -0.2) is 4.79 Å². The van der Waals surface area contributed by atoms with Crippen molar-refractivity contribution < 1.29 is 33.4 Å². The van der Waals surface area contributed by atoms with E-state index >= 15 is 0 Å². The number of hydrogen-bond donors (Lipinski definition) is 2. The number of anilines is 1. The van der Waals surface area contributed by atoms with Gasteiger partial charge in [-0.2, -0.15) is 0 Å². The van der Waals surface area contributed by atoms with Crippen molar-refractivity contribution in [1.29, 1.82) is 0 Å². The quantitative estimate of drug-likeness (QED) is 0.0639. The SMILES string of the molecule is CC(C)C[C@H](NC(=O)c1ccc(Oc2ccc(N(CCBr)CCBr)cc2)cc1)C(=O)N[C@@H](CCC(=O)OCc1ccccc1)C(=O)OCc1ccccc1. The molecule has 0 unspecified atom stereocenters. The standard InChI is InChI=1S/C42H47Br2N3O7/c1-30(2)27-38(46-40(49)33-13-17-35(18-14-33)54-36-19-15-34(16-20-36)47(25-23-43)26-24-44)41(50)45-37(42(51)53-29-32-11-7-4-8-12-32)21-22-39(48)52-28-31-9-5-3-6-10-31/h3-20,30,37-38H,21-29H2,1-2H3,(H,45,50)(H,46,49)/t37-,38-/m0/s1. The minimum Gasteiger partial charge on any atom is -0.461 e. The Labute approximate surface area is 334 Å². The molecule has 4 rings (SSSR count). The highest BCUT2D eigenvalue weighted by Crippen LogP contribution is 2.25. The van der Waals surface area contributed by atoms with Crippen molar-refractivity contribution in [1.82, 2.24) is 10.6 Å². The van der Waals surface area contributed by atoms with Crippen molar-refractivity contribution in [3.05, 3.63) is 126 Å². The number of nitrogens with zero attached hydrogens (tertiary/aromatic N) is 1. The van der Waals surface area contributed by atoms with Crippen LogP contribution in [0, 0.1) is 5.92 Å². The van der Waals surface area contributed by atoms with Crippen molar-refractivity contribution in [2.24, 2.45) is 5.92 Å². The van der Waals surface area contributed by atoms with Gasteiger partial charge < -0.3 is 29.7 Å². The summed E-state index contributed by atoms with van der Waals surface area (Å²) in [5.41, 5.74) is 3.02. The van der Waals surface area contributed by atoms with E-state index in [1.807, 2.05) is 98.8 Å². The third-order valence-corrected chi connectivity index (χ3v) is 9.01. The van der Waals surface area contributed by atoms with E-state index in [1.54, 1.807) is 24.3 Å². The largest absolute Gasteiger partial charge is 0.461 e. The van der Waals surface area contributed by atoms with Crippen LogP contribution in [-0.4, -0.2) is 59.6 Å². The molecule has 0 radical (unpaired) electrons. The van der Waals surface area contributed by atoms with Gasteiger partial charge >= 0.3 is 11.9 Å². The third-order valence-electron chi connectivity index (χ3n) is 8.30. The summed E-state index contributed by atoms with van der Waals surface area (Å²) >= 11 is 7.02. The van der Waals surface area contributed by atoms with E-state index in [2.05, 4.69) is 47.4 Å². The molecule has 2 amide bonds. The van der Waals surface area contributed by atoms with E-state index in [9.17, 15) is 19.2 Å². The van der Waals surface area contributed by atoms with Crippen molar-refractivity contribution in [3.63, 3.8) is 0 Å². The first-order chi connectivity index (χ1) is 26.1. The number of alkyl halides is 2. The van der Waals surface area contributed by atoms with Crippen LogP contribution in [0.2, 0.25) is 0 Å². The molecule has 10 nitrogen and oxygen atoms in total. The molecule has 4 aromatic carbocycles. The van der Waals surface area contributed by atoms with Gasteiger partial charge in [0.25, 0.3) is 5.91 Å². The Morgan fingerprint density at radius 2 is 1.20 bits per heavy atom. The molecule has 0 fully saturated rings. The Kier molecular flexibility index (Phi) is 17.5. The van der Waals surface area contributed by atoms with E-state index in [0.29, 0.717) is 23.5 Å². The molecule has 4 aromatic rings. The van der Waals surface area contributed by atoms with Crippen molar-refractivity contribution >= 4 is 61.3 Å². The molecule has 0 spiro atoms. The van der Waals surface area contributed by atoms with Gasteiger partial charge in [0.15, 0.2) is 0 Å². The lowest BCUT2D eigenvalue weighted by Crippen LogP contribution is -2.52. The van der Waals surface area contributed by atoms with Gasteiger partial charge in [-0.1, -0.05) is 106 Å². The second kappa shape index (κ2) is 22.5. The Morgan fingerprint density at radius 3 is 1.74 bits per heavy atom. The topological polar surface area (TPSA) is 123 Å². The lowest BCUT2D eigenvalue weighted by molar-refractivity contribution is -0.150. The van der Waals surface area contributed by atoms with Gasteiger partial charge in [-0.05, 0) is 78.4 Å². The van der Waals surface area contributed by atoms with Crippen molar-refractivity contribution in [2.75, 3.05) is 28.6 Å². The fraction of sp³-hybridized carbons (Fsp3) is 0.333. The van der Waals surface area contributed by atoms with E-state index in [4.69, 9.17) is 14.2 Å². The summed E-state index contributed by atoms with van der Waals surface area (Å²) in [4.78, 5) is 55.3. The van der Waals surface area contributed by atoms with Crippen LogP contribution in [0.25, 0.3) is 0 Å². The lowest BCUT2D eigenvalue weighted by Gasteiger charge is -2.24. The summed E-state index contributed by atoms with van der Waals surface area (Å²) < 4.78 is 17.0. The minimum absolute atomic E-state index is 0.00489. The smallest absolute Gasteiger partial charge is 0.328 e. The molecule has 0 aromatic heterocycles. The van der Waals surface area contributed by atoms with E-state index < -0.39 is 35.8 Å². The zero-order chi connectivity index (χ0) is 38.7. The van der Waals surface area contributed by atoms with Gasteiger partial charge in [0.05, 0.1) is 0 Å². The number of rotatable bonds is 21. The number of nitrogens with one attached hydrogen (secondary N) is 2. The van der Waals surface area contributed by atoms with Crippen LogP contribution in [0.3, 0.4) is 0 Å². The Balaban J connectivity index is 1.39. The third kappa shape index (κ3) is 14.3. The summed E-state index contributed by atoms with van der Waals surface area (Å²) in [6.07, 6.45) is 0.124. The molecule has 0 aliphatic carbocycles. The number of benzene rings is 4. The van der Waals surface area contributed by atoms with Crippen LogP contribution in [0.4, 0.5) is 5.69 Å². The van der Waals surface area contributed by atoms with Gasteiger partial charge in [-0.15, -0.1) is 0 Å². The summed E-state index contributed by atoms with van der Waals surface area (Å²) in [5, 5.41) is 7.29. The fourth-order valence-corrected chi connectivity index (χ4v) is 6.33. The molecule has 0 bridgehead atoms. The highest BCUT2D eigenvalue weighted by Gasteiger charge is 2.29. The first-order valence-electron chi connectivity index (χ1n) is 17.9. The van der Waals surface area contributed by atoms with Crippen LogP contribution in [0.1, 0.15) is 54.6 Å². The van der Waals surface area contributed by atoms with Gasteiger partial charge in [-0.3, -0.25) is 14.4 Å². The Bertz CT molecular complexity index is 1750. The maximum absolute atomic E-state index is 13.7. The predicted molar refractivity (Wildman–Crippen MR) is 217 cm³/mol. The van der Waals surface area contributed by atoms with E-state index in [-0.39, 0.29) is 32.0 Å². The van der Waals surface area contributed by atoms with Crippen LogP contribution in [-0.2, 0) is 37.1 Å². The van der Waals surface area contributed by atoms with Crippen LogP contribution >= 0.6 is 31.9 Å². The van der Waals surface area contributed by atoms with Gasteiger partial charge in [0, 0.05) is 41.4 Å². The molecule has 2 N–H and O–H groups in total. The first-order valence-corrected chi connectivity index (χ1v) is 20.2. The monoisotopic (exact) mass is 863 g/mol. The molecular formula is C42H47Br2N3O7. The van der Waals surface area contributed by atoms with Crippen molar-refractivity contribution in [3.8, 4) is 11.5 Å². The first kappa shape index (κ1) is 42.1.